The van der Waals surface area contributed by atoms with Crippen molar-refractivity contribution in [3.8, 4) is 0 Å². The van der Waals surface area contributed by atoms with Crippen molar-refractivity contribution >= 4 is 0 Å². The Labute approximate surface area is 76.1 Å². The van der Waals surface area contributed by atoms with Crippen LogP contribution in [0.25, 0.3) is 0 Å². The molecule has 2 unspecified atom stereocenters. The largest absolute Gasteiger partial charge is 0.327 e. The summed E-state index contributed by atoms with van der Waals surface area (Å²) in [6, 6.07) is 0.461. The van der Waals surface area contributed by atoms with Crippen molar-refractivity contribution < 1.29 is 0 Å². The van der Waals surface area contributed by atoms with Crippen LogP contribution in [0, 0.1) is 5.92 Å². The third-order valence-corrected chi connectivity index (χ3v) is 2.94. The molecule has 1 aliphatic rings. The molecule has 0 aromatic rings. The van der Waals surface area contributed by atoms with Crippen LogP contribution in [0.4, 0.5) is 0 Å². The molecule has 0 spiro atoms. The topological polar surface area (TPSA) is 29.3 Å². The monoisotopic (exact) mass is 170 g/mol. The molecule has 0 radical (unpaired) electrons. The maximum Gasteiger partial charge on any atom is 0.00914 e. The Bertz CT molecular complexity index is 125. The van der Waals surface area contributed by atoms with Crippen molar-refractivity contribution in [1.82, 2.24) is 4.90 Å². The summed E-state index contributed by atoms with van der Waals surface area (Å²) in [6.45, 7) is 8.19. The number of nitrogens with two attached hydrogens (primary N) is 1. The number of rotatable bonds is 3. The smallest absolute Gasteiger partial charge is 0.00914 e. The predicted octanol–water partition coefficient (Wildman–Crippen LogP) is 1.46. The van der Waals surface area contributed by atoms with Gasteiger partial charge in [-0.1, -0.05) is 20.3 Å². The van der Waals surface area contributed by atoms with Crippen molar-refractivity contribution in [2.24, 2.45) is 11.7 Å². The minimum absolute atomic E-state index is 0.461. The first-order valence-electron chi connectivity index (χ1n) is 5.25. The summed E-state index contributed by atoms with van der Waals surface area (Å²) in [7, 11) is 0. The molecule has 0 bridgehead atoms. The lowest BCUT2D eigenvalue weighted by Crippen LogP contribution is -2.46. The lowest BCUT2D eigenvalue weighted by molar-refractivity contribution is 0.152. The highest BCUT2D eigenvalue weighted by molar-refractivity contribution is 4.81. The van der Waals surface area contributed by atoms with Crippen LogP contribution in [-0.2, 0) is 0 Å². The predicted molar refractivity (Wildman–Crippen MR) is 53.1 cm³/mol. The van der Waals surface area contributed by atoms with Crippen LogP contribution in [0.3, 0.4) is 0 Å². The van der Waals surface area contributed by atoms with Gasteiger partial charge in [0.25, 0.3) is 0 Å². The van der Waals surface area contributed by atoms with Gasteiger partial charge in [-0.2, -0.15) is 0 Å². The highest BCUT2D eigenvalue weighted by Gasteiger charge is 2.24. The van der Waals surface area contributed by atoms with Gasteiger partial charge >= 0.3 is 0 Å². The Morgan fingerprint density at radius 2 is 2.17 bits per heavy atom. The van der Waals surface area contributed by atoms with Crippen molar-refractivity contribution in [1.29, 1.82) is 0 Å². The number of hydrogen-bond acceptors (Lipinski definition) is 2. The molecule has 0 aromatic heterocycles. The lowest BCUT2D eigenvalue weighted by Gasteiger charge is -2.36. The Hall–Kier alpha value is -0.0800. The molecule has 0 aromatic carbocycles. The van der Waals surface area contributed by atoms with Gasteiger partial charge < -0.3 is 10.6 Å². The summed E-state index contributed by atoms with van der Waals surface area (Å²) in [4.78, 5) is 2.55. The second-order valence-corrected chi connectivity index (χ2v) is 3.92. The van der Waals surface area contributed by atoms with Crippen molar-refractivity contribution in [3.05, 3.63) is 0 Å². The van der Waals surface area contributed by atoms with Crippen LogP contribution in [-0.4, -0.2) is 30.6 Å². The zero-order valence-corrected chi connectivity index (χ0v) is 8.42. The van der Waals surface area contributed by atoms with E-state index in [-0.39, 0.29) is 0 Å². The fourth-order valence-corrected chi connectivity index (χ4v) is 2.08. The SMILES string of the molecule is CCCN1CCC(N)C(CC)C1. The first kappa shape index (κ1) is 10.0. The van der Waals surface area contributed by atoms with Crippen molar-refractivity contribution in [3.63, 3.8) is 0 Å². The number of nitrogens with zero attached hydrogens (tertiary/aromatic N) is 1. The molecular formula is C10H22N2. The van der Waals surface area contributed by atoms with Gasteiger partial charge in [-0.25, -0.2) is 0 Å². The first-order valence-corrected chi connectivity index (χ1v) is 5.25. The molecule has 0 aliphatic carbocycles. The summed E-state index contributed by atoms with van der Waals surface area (Å²) in [5.74, 6) is 0.741. The van der Waals surface area contributed by atoms with Crippen molar-refractivity contribution in [2.75, 3.05) is 19.6 Å². The summed E-state index contributed by atoms with van der Waals surface area (Å²) < 4.78 is 0. The third kappa shape index (κ3) is 2.46. The Kier molecular flexibility index (Phi) is 4.02. The normalized spacial score (nSPS) is 32.2. The van der Waals surface area contributed by atoms with Crippen LogP contribution in [0.15, 0.2) is 0 Å². The van der Waals surface area contributed by atoms with Crippen LogP contribution >= 0.6 is 0 Å². The van der Waals surface area contributed by atoms with Crippen LogP contribution < -0.4 is 5.73 Å². The van der Waals surface area contributed by atoms with E-state index in [9.17, 15) is 0 Å². The van der Waals surface area contributed by atoms with E-state index in [1.54, 1.807) is 0 Å². The van der Waals surface area contributed by atoms with Gasteiger partial charge in [0.1, 0.15) is 0 Å². The van der Waals surface area contributed by atoms with Crippen LogP contribution in [0.1, 0.15) is 33.1 Å². The molecule has 2 nitrogen and oxygen atoms in total. The van der Waals surface area contributed by atoms with E-state index >= 15 is 0 Å². The molecular weight excluding hydrogens is 148 g/mol. The average molecular weight is 170 g/mol. The van der Waals surface area contributed by atoms with Gasteiger partial charge in [-0.15, -0.1) is 0 Å². The highest BCUT2D eigenvalue weighted by atomic mass is 15.1. The molecule has 0 saturated carbocycles. The summed E-state index contributed by atoms with van der Waals surface area (Å²) in [6.07, 6.45) is 3.70. The number of hydrogen-bond donors (Lipinski definition) is 1. The fraction of sp³-hybridized carbons (Fsp3) is 1.00. The van der Waals surface area contributed by atoms with Gasteiger partial charge in [0.05, 0.1) is 0 Å². The molecule has 1 saturated heterocycles. The van der Waals surface area contributed by atoms with Gasteiger partial charge in [0.2, 0.25) is 0 Å². The zero-order chi connectivity index (χ0) is 8.97. The van der Waals surface area contributed by atoms with E-state index < -0.39 is 0 Å². The number of piperidine rings is 1. The molecule has 1 heterocycles. The molecule has 2 N–H and O–H groups in total. The Morgan fingerprint density at radius 3 is 2.75 bits per heavy atom. The van der Waals surface area contributed by atoms with Gasteiger partial charge in [-0.05, 0) is 31.8 Å². The number of likely N-dealkylation sites (tertiary alicyclic amines) is 1. The zero-order valence-electron chi connectivity index (χ0n) is 8.42. The minimum atomic E-state index is 0.461. The molecule has 0 amide bonds. The van der Waals surface area contributed by atoms with Gasteiger partial charge in [-0.3, -0.25) is 0 Å². The van der Waals surface area contributed by atoms with E-state index in [1.165, 1.54) is 38.9 Å². The second kappa shape index (κ2) is 4.83. The summed E-state index contributed by atoms with van der Waals surface area (Å²) in [5.41, 5.74) is 6.02. The second-order valence-electron chi connectivity index (χ2n) is 3.92. The highest BCUT2D eigenvalue weighted by Crippen LogP contribution is 2.18. The van der Waals surface area contributed by atoms with Crippen molar-refractivity contribution in [2.45, 2.75) is 39.2 Å². The standard InChI is InChI=1S/C10H22N2/c1-3-6-12-7-5-10(11)9(4-2)8-12/h9-10H,3-8,11H2,1-2H3. The van der Waals surface area contributed by atoms with E-state index in [0.717, 1.165) is 5.92 Å². The first-order chi connectivity index (χ1) is 5.77. The average Bonchev–Trinajstić information content (AvgIpc) is 2.09. The quantitative estimate of drug-likeness (QED) is 0.694. The third-order valence-electron chi connectivity index (χ3n) is 2.94. The fourth-order valence-electron chi connectivity index (χ4n) is 2.08. The summed E-state index contributed by atoms with van der Waals surface area (Å²) in [5, 5.41) is 0. The molecule has 72 valence electrons. The Morgan fingerprint density at radius 1 is 1.42 bits per heavy atom. The molecule has 1 rings (SSSR count). The Balaban J connectivity index is 2.33. The molecule has 2 heteroatoms. The molecule has 2 atom stereocenters. The maximum atomic E-state index is 6.02. The van der Waals surface area contributed by atoms with E-state index in [0.29, 0.717) is 6.04 Å². The molecule has 12 heavy (non-hydrogen) atoms. The van der Waals surface area contributed by atoms with Gasteiger partial charge in [0, 0.05) is 12.6 Å². The molecule has 1 fully saturated rings. The van der Waals surface area contributed by atoms with E-state index in [4.69, 9.17) is 5.73 Å². The lowest BCUT2D eigenvalue weighted by atomic mass is 9.91. The summed E-state index contributed by atoms with van der Waals surface area (Å²) >= 11 is 0. The van der Waals surface area contributed by atoms with E-state index in [2.05, 4.69) is 18.7 Å². The van der Waals surface area contributed by atoms with E-state index in [1.807, 2.05) is 0 Å². The van der Waals surface area contributed by atoms with Crippen LogP contribution in [0.2, 0.25) is 0 Å². The molecule has 1 aliphatic heterocycles. The van der Waals surface area contributed by atoms with Gasteiger partial charge in [0.15, 0.2) is 0 Å². The maximum absolute atomic E-state index is 6.02. The van der Waals surface area contributed by atoms with Crippen LogP contribution in [0.5, 0.6) is 0 Å². The minimum Gasteiger partial charge on any atom is -0.327 e.